The van der Waals surface area contributed by atoms with E-state index in [1.165, 1.54) is 6.08 Å². The maximum atomic E-state index is 12.3. The molecule has 2 N–H and O–H groups in total. The number of carboxylic acids is 1. The molecule has 3 aromatic carbocycles. The molecule has 0 aromatic heterocycles. The lowest BCUT2D eigenvalue weighted by atomic mass is 10.1. The summed E-state index contributed by atoms with van der Waals surface area (Å²) in [7, 11) is 0. The van der Waals surface area contributed by atoms with Gasteiger partial charge in [-0.3, -0.25) is 4.79 Å². The van der Waals surface area contributed by atoms with E-state index in [1.54, 1.807) is 54.6 Å². The number of amides is 1. The zero-order valence-electron chi connectivity index (χ0n) is 15.0. The van der Waals surface area contributed by atoms with Crippen LogP contribution in [0.25, 0.3) is 6.08 Å². The van der Waals surface area contributed by atoms with Gasteiger partial charge in [0.05, 0.1) is 0 Å². The fourth-order valence-electron chi connectivity index (χ4n) is 2.56. The molecule has 0 aliphatic heterocycles. The van der Waals surface area contributed by atoms with Gasteiger partial charge in [-0.15, -0.1) is 0 Å². The molecule has 0 fully saturated rings. The number of nitrogens with one attached hydrogen (secondary N) is 1. The van der Waals surface area contributed by atoms with Crippen LogP contribution in [0.1, 0.15) is 21.5 Å². The molecule has 0 radical (unpaired) electrons. The normalized spacial score (nSPS) is 10.9. The third kappa shape index (κ3) is 5.08. The lowest BCUT2D eigenvalue weighted by Crippen LogP contribution is -2.27. The number of ether oxygens (including phenoxy) is 1. The number of aliphatic carboxylic acids is 1. The zero-order chi connectivity index (χ0) is 19.8. The number of carbonyl (C=O) groups excluding carboxylic acids is 1. The Balaban J connectivity index is 1.81. The van der Waals surface area contributed by atoms with Gasteiger partial charge in [-0.25, -0.2) is 4.79 Å². The average Bonchev–Trinajstić information content (AvgIpc) is 2.74. The van der Waals surface area contributed by atoms with Gasteiger partial charge in [0, 0.05) is 11.1 Å². The van der Waals surface area contributed by atoms with Crippen molar-refractivity contribution in [3.63, 3.8) is 0 Å². The fourth-order valence-corrected chi connectivity index (χ4v) is 2.56. The summed E-state index contributed by atoms with van der Waals surface area (Å²) in [4.78, 5) is 23.9. The van der Waals surface area contributed by atoms with Gasteiger partial charge in [0.1, 0.15) is 18.1 Å². The van der Waals surface area contributed by atoms with Crippen molar-refractivity contribution in [1.29, 1.82) is 0 Å². The van der Waals surface area contributed by atoms with E-state index in [4.69, 9.17) is 4.74 Å². The molecule has 140 valence electrons. The standard InChI is InChI=1S/C23H19NO4/c25-22(18-11-5-2-6-12-18)24-20(23(26)27)15-19-13-7-8-14-21(19)28-16-17-9-3-1-4-10-17/h1-15H,16H2,(H,24,25)(H,26,27)/b20-15+. The highest BCUT2D eigenvalue weighted by Crippen LogP contribution is 2.22. The molecule has 0 bridgehead atoms. The molecule has 28 heavy (non-hydrogen) atoms. The van der Waals surface area contributed by atoms with E-state index < -0.39 is 11.9 Å². The molecule has 5 nitrogen and oxygen atoms in total. The van der Waals surface area contributed by atoms with Crippen LogP contribution in [0.5, 0.6) is 5.75 Å². The van der Waals surface area contributed by atoms with E-state index in [9.17, 15) is 14.7 Å². The molecule has 0 heterocycles. The summed E-state index contributed by atoms with van der Waals surface area (Å²) in [5.41, 5.74) is 1.70. The highest BCUT2D eigenvalue weighted by atomic mass is 16.5. The molecule has 3 aromatic rings. The van der Waals surface area contributed by atoms with Crippen LogP contribution in [0.3, 0.4) is 0 Å². The Labute approximate surface area is 162 Å². The molecule has 0 spiro atoms. The van der Waals surface area contributed by atoms with Crippen molar-refractivity contribution in [3.05, 3.63) is 107 Å². The molecule has 0 aliphatic carbocycles. The number of rotatable bonds is 7. The summed E-state index contributed by atoms with van der Waals surface area (Å²) in [6, 6.07) is 25.2. The van der Waals surface area contributed by atoms with E-state index >= 15 is 0 Å². The molecule has 3 rings (SSSR count). The summed E-state index contributed by atoms with van der Waals surface area (Å²) in [6.07, 6.45) is 1.39. The molecule has 0 aliphatic rings. The van der Waals surface area contributed by atoms with E-state index in [-0.39, 0.29) is 5.70 Å². The predicted molar refractivity (Wildman–Crippen MR) is 107 cm³/mol. The Kier molecular flexibility index (Phi) is 6.21. The topological polar surface area (TPSA) is 75.6 Å². The van der Waals surface area contributed by atoms with Crippen LogP contribution in [-0.4, -0.2) is 17.0 Å². The Bertz CT molecular complexity index is 982. The number of carbonyl (C=O) groups is 2. The number of para-hydroxylation sites is 1. The van der Waals surface area contributed by atoms with Gasteiger partial charge < -0.3 is 15.2 Å². The number of hydrogen-bond donors (Lipinski definition) is 2. The molecular weight excluding hydrogens is 354 g/mol. The minimum absolute atomic E-state index is 0.232. The van der Waals surface area contributed by atoms with Crippen molar-refractivity contribution in [2.45, 2.75) is 6.61 Å². The van der Waals surface area contributed by atoms with E-state index in [0.717, 1.165) is 5.56 Å². The number of benzene rings is 3. The Morgan fingerprint density at radius 1 is 0.857 bits per heavy atom. The smallest absolute Gasteiger partial charge is 0.352 e. The van der Waals surface area contributed by atoms with Crippen LogP contribution in [0.4, 0.5) is 0 Å². The van der Waals surface area contributed by atoms with Crippen LogP contribution >= 0.6 is 0 Å². The van der Waals surface area contributed by atoms with Gasteiger partial charge in [-0.2, -0.15) is 0 Å². The molecule has 1 amide bonds. The van der Waals surface area contributed by atoms with Crippen LogP contribution < -0.4 is 10.1 Å². The van der Waals surface area contributed by atoms with Crippen LogP contribution in [-0.2, 0) is 11.4 Å². The summed E-state index contributed by atoms with van der Waals surface area (Å²) in [5.74, 6) is -1.20. The summed E-state index contributed by atoms with van der Waals surface area (Å²) >= 11 is 0. The maximum absolute atomic E-state index is 12.3. The SMILES string of the molecule is O=C(O)/C(=C\c1ccccc1OCc1ccccc1)NC(=O)c1ccccc1. The first-order valence-electron chi connectivity index (χ1n) is 8.70. The van der Waals surface area contributed by atoms with Crippen LogP contribution in [0.15, 0.2) is 90.6 Å². The fraction of sp³-hybridized carbons (Fsp3) is 0.0435. The van der Waals surface area contributed by atoms with Crippen LogP contribution in [0, 0.1) is 0 Å². The molecule has 0 atom stereocenters. The highest BCUT2D eigenvalue weighted by Gasteiger charge is 2.14. The Morgan fingerprint density at radius 3 is 2.14 bits per heavy atom. The van der Waals surface area contributed by atoms with Crippen molar-refractivity contribution in [1.82, 2.24) is 5.32 Å². The summed E-state index contributed by atoms with van der Waals surface area (Å²) < 4.78 is 5.84. The third-order valence-electron chi connectivity index (χ3n) is 3.97. The largest absolute Gasteiger partial charge is 0.488 e. The molecule has 5 heteroatoms. The Morgan fingerprint density at radius 2 is 1.46 bits per heavy atom. The van der Waals surface area contributed by atoms with Crippen molar-refractivity contribution in [2.75, 3.05) is 0 Å². The van der Waals surface area contributed by atoms with Gasteiger partial charge in [0.15, 0.2) is 0 Å². The van der Waals surface area contributed by atoms with E-state index in [1.807, 2.05) is 30.3 Å². The lowest BCUT2D eigenvalue weighted by molar-refractivity contribution is -0.132. The predicted octanol–water partition coefficient (Wildman–Crippen LogP) is 4.12. The maximum Gasteiger partial charge on any atom is 0.352 e. The first-order chi connectivity index (χ1) is 13.6. The Hall–Kier alpha value is -3.86. The van der Waals surface area contributed by atoms with Crippen molar-refractivity contribution >= 4 is 18.0 Å². The molecular formula is C23H19NO4. The molecule has 0 unspecified atom stereocenters. The summed E-state index contributed by atoms with van der Waals surface area (Å²) in [5, 5.41) is 12.0. The lowest BCUT2D eigenvalue weighted by Gasteiger charge is -2.11. The second-order valence-corrected chi connectivity index (χ2v) is 6.00. The van der Waals surface area contributed by atoms with E-state index in [0.29, 0.717) is 23.5 Å². The second kappa shape index (κ2) is 9.19. The van der Waals surface area contributed by atoms with Gasteiger partial charge in [-0.1, -0.05) is 66.7 Å². The quantitative estimate of drug-likeness (QED) is 0.611. The van der Waals surface area contributed by atoms with Crippen molar-refractivity contribution in [2.24, 2.45) is 0 Å². The second-order valence-electron chi connectivity index (χ2n) is 6.00. The van der Waals surface area contributed by atoms with Crippen LogP contribution in [0.2, 0.25) is 0 Å². The number of hydrogen-bond acceptors (Lipinski definition) is 3. The first-order valence-corrected chi connectivity index (χ1v) is 8.70. The minimum atomic E-state index is -1.23. The number of carboxylic acid groups (broad SMARTS) is 1. The average molecular weight is 373 g/mol. The first kappa shape index (κ1) is 18.9. The zero-order valence-corrected chi connectivity index (χ0v) is 15.0. The van der Waals surface area contributed by atoms with E-state index in [2.05, 4.69) is 5.32 Å². The van der Waals surface area contributed by atoms with Crippen molar-refractivity contribution < 1.29 is 19.4 Å². The molecule has 0 saturated carbocycles. The van der Waals surface area contributed by atoms with Gasteiger partial charge in [0.2, 0.25) is 0 Å². The van der Waals surface area contributed by atoms with Crippen molar-refractivity contribution in [3.8, 4) is 5.75 Å². The van der Waals surface area contributed by atoms with Gasteiger partial charge in [-0.05, 0) is 29.8 Å². The third-order valence-corrected chi connectivity index (χ3v) is 3.97. The highest BCUT2D eigenvalue weighted by molar-refractivity contribution is 6.02. The monoisotopic (exact) mass is 373 g/mol. The van der Waals surface area contributed by atoms with Gasteiger partial charge >= 0.3 is 5.97 Å². The molecule has 0 saturated heterocycles. The summed E-state index contributed by atoms with van der Waals surface area (Å²) in [6.45, 7) is 0.352. The minimum Gasteiger partial charge on any atom is -0.488 e. The van der Waals surface area contributed by atoms with Gasteiger partial charge in [0.25, 0.3) is 5.91 Å².